The van der Waals surface area contributed by atoms with Gasteiger partial charge in [0, 0.05) is 11.1 Å². The number of methoxy groups -OCH3 is 1. The number of nitrogens with one attached hydrogen (secondary N) is 1. The summed E-state index contributed by atoms with van der Waals surface area (Å²) in [7, 11) is 1.52. The molecule has 1 N–H and O–H groups in total. The van der Waals surface area contributed by atoms with Gasteiger partial charge in [-0.15, -0.1) is 11.3 Å². The van der Waals surface area contributed by atoms with Gasteiger partial charge >= 0.3 is 0 Å². The van der Waals surface area contributed by atoms with Gasteiger partial charge in [0.2, 0.25) is 0 Å². The van der Waals surface area contributed by atoms with Crippen molar-refractivity contribution in [3.8, 4) is 5.75 Å². The number of hydrogen-bond acceptors (Lipinski definition) is 3. The lowest BCUT2D eigenvalue weighted by molar-refractivity contribution is 0.103. The molecule has 0 fully saturated rings. The van der Waals surface area contributed by atoms with Crippen LogP contribution in [0.15, 0.2) is 30.3 Å². The second-order valence-corrected chi connectivity index (χ2v) is 6.89. The highest BCUT2D eigenvalue weighted by Gasteiger charge is 2.21. The standard InChI is InChI=1S/C17H12Cl2FNO2S/c1-8-3-4-9(20)7-11(8)21-17(22)16-13(18)10-5-6-12(23-2)14(19)15(10)24-16/h3-7H,1-2H3,(H,21,22). The average molecular weight is 384 g/mol. The number of halogens is 3. The van der Waals surface area contributed by atoms with Crippen LogP contribution >= 0.6 is 34.5 Å². The van der Waals surface area contributed by atoms with Crippen LogP contribution in [0, 0.1) is 12.7 Å². The van der Waals surface area contributed by atoms with Crippen molar-refractivity contribution < 1.29 is 13.9 Å². The van der Waals surface area contributed by atoms with Gasteiger partial charge in [0.1, 0.15) is 21.5 Å². The molecule has 0 radical (unpaired) electrons. The summed E-state index contributed by atoms with van der Waals surface area (Å²) in [4.78, 5) is 12.9. The molecule has 2 aromatic carbocycles. The minimum Gasteiger partial charge on any atom is -0.495 e. The molecule has 0 aliphatic carbocycles. The molecule has 0 unspecified atom stereocenters. The molecule has 1 amide bonds. The summed E-state index contributed by atoms with van der Waals surface area (Å²) in [5.41, 5.74) is 1.15. The highest BCUT2D eigenvalue weighted by molar-refractivity contribution is 7.22. The van der Waals surface area contributed by atoms with Crippen LogP contribution in [0.4, 0.5) is 10.1 Å². The topological polar surface area (TPSA) is 38.3 Å². The molecule has 124 valence electrons. The Morgan fingerprint density at radius 3 is 2.67 bits per heavy atom. The summed E-state index contributed by atoms with van der Waals surface area (Å²) in [6, 6.07) is 7.65. The molecule has 0 atom stereocenters. The second kappa shape index (κ2) is 6.59. The Morgan fingerprint density at radius 2 is 1.96 bits per heavy atom. The predicted octanol–water partition coefficient (Wildman–Crippen LogP) is 5.92. The van der Waals surface area contributed by atoms with Gasteiger partial charge in [0.05, 0.1) is 16.8 Å². The van der Waals surface area contributed by atoms with Crippen LogP contribution in [-0.4, -0.2) is 13.0 Å². The van der Waals surface area contributed by atoms with Crippen molar-refractivity contribution in [2.45, 2.75) is 6.92 Å². The molecular formula is C17H12Cl2FNO2S. The fourth-order valence-corrected chi connectivity index (χ4v) is 4.08. The zero-order valence-corrected chi connectivity index (χ0v) is 15.1. The van der Waals surface area contributed by atoms with Crippen LogP contribution in [0.3, 0.4) is 0 Å². The SMILES string of the molecule is COc1ccc2c(Cl)c(C(=O)Nc3cc(F)ccc3C)sc2c1Cl. The molecule has 3 aromatic rings. The zero-order chi connectivity index (χ0) is 17.4. The van der Waals surface area contributed by atoms with Crippen molar-refractivity contribution in [3.63, 3.8) is 0 Å². The Morgan fingerprint density at radius 1 is 1.21 bits per heavy atom. The van der Waals surface area contributed by atoms with E-state index in [0.29, 0.717) is 36.4 Å². The maximum atomic E-state index is 13.4. The lowest BCUT2D eigenvalue weighted by atomic mass is 10.2. The number of fused-ring (bicyclic) bond motifs is 1. The molecule has 0 spiro atoms. The molecule has 1 heterocycles. The number of ether oxygens (including phenoxy) is 1. The van der Waals surface area contributed by atoms with E-state index in [1.807, 2.05) is 0 Å². The van der Waals surface area contributed by atoms with Crippen molar-refractivity contribution in [2.24, 2.45) is 0 Å². The van der Waals surface area contributed by atoms with Crippen molar-refractivity contribution in [1.82, 2.24) is 0 Å². The van der Waals surface area contributed by atoms with Gasteiger partial charge in [-0.25, -0.2) is 4.39 Å². The van der Waals surface area contributed by atoms with E-state index in [4.69, 9.17) is 27.9 Å². The van der Waals surface area contributed by atoms with Crippen molar-refractivity contribution >= 4 is 56.2 Å². The van der Waals surface area contributed by atoms with E-state index in [2.05, 4.69) is 5.32 Å². The van der Waals surface area contributed by atoms with E-state index in [-0.39, 0.29) is 0 Å². The Hall–Kier alpha value is -1.82. The largest absolute Gasteiger partial charge is 0.495 e. The van der Waals surface area contributed by atoms with Gasteiger partial charge in [0.25, 0.3) is 5.91 Å². The molecule has 7 heteroatoms. The first kappa shape index (κ1) is 17.0. The van der Waals surface area contributed by atoms with Crippen LogP contribution < -0.4 is 10.1 Å². The van der Waals surface area contributed by atoms with Gasteiger partial charge in [-0.1, -0.05) is 29.3 Å². The summed E-state index contributed by atoms with van der Waals surface area (Å²) in [5, 5.41) is 4.08. The second-order valence-electron chi connectivity index (χ2n) is 5.12. The lowest BCUT2D eigenvalue weighted by Crippen LogP contribution is -2.11. The Bertz CT molecular complexity index is 955. The summed E-state index contributed by atoms with van der Waals surface area (Å²) < 4.78 is 19.2. The maximum absolute atomic E-state index is 13.4. The Labute approximate surface area is 152 Å². The number of carbonyl (C=O) groups excluding carboxylic acids is 1. The van der Waals surface area contributed by atoms with Gasteiger partial charge < -0.3 is 10.1 Å². The molecule has 3 nitrogen and oxygen atoms in total. The fourth-order valence-electron chi connectivity index (χ4n) is 2.29. The molecular weight excluding hydrogens is 372 g/mol. The number of carbonyl (C=O) groups is 1. The molecule has 3 rings (SSSR count). The minimum atomic E-state index is -0.425. The number of rotatable bonds is 3. The van der Waals surface area contributed by atoms with E-state index in [1.165, 1.54) is 30.6 Å². The first-order valence-electron chi connectivity index (χ1n) is 6.94. The maximum Gasteiger partial charge on any atom is 0.267 e. The average Bonchev–Trinajstić information content (AvgIpc) is 2.89. The lowest BCUT2D eigenvalue weighted by Gasteiger charge is -2.07. The molecule has 24 heavy (non-hydrogen) atoms. The highest BCUT2D eigenvalue weighted by Crippen LogP contribution is 2.43. The van der Waals surface area contributed by atoms with E-state index >= 15 is 0 Å². The normalized spacial score (nSPS) is 10.9. The Balaban J connectivity index is 2.02. The van der Waals surface area contributed by atoms with Crippen LogP contribution in [0.1, 0.15) is 15.2 Å². The molecule has 1 aromatic heterocycles. The quantitative estimate of drug-likeness (QED) is 0.609. The number of amides is 1. The van der Waals surface area contributed by atoms with Crippen LogP contribution in [0.2, 0.25) is 10.0 Å². The molecule has 0 saturated carbocycles. The van der Waals surface area contributed by atoms with E-state index in [0.717, 1.165) is 5.56 Å². The summed E-state index contributed by atoms with van der Waals surface area (Å²) in [5.74, 6) is -0.328. The number of benzene rings is 2. The van der Waals surface area contributed by atoms with Gasteiger partial charge in [-0.05, 0) is 36.8 Å². The van der Waals surface area contributed by atoms with Crippen molar-refractivity contribution in [2.75, 3.05) is 12.4 Å². The summed E-state index contributed by atoms with van der Waals surface area (Å²) in [6.45, 7) is 1.78. The number of aryl methyl sites for hydroxylation is 1. The predicted molar refractivity (Wildman–Crippen MR) is 97.5 cm³/mol. The third-order valence-electron chi connectivity index (χ3n) is 3.58. The molecule has 0 aliphatic rings. The number of thiophene rings is 1. The minimum absolute atomic E-state index is 0.311. The summed E-state index contributed by atoms with van der Waals surface area (Å²) in [6.07, 6.45) is 0. The number of anilines is 1. The highest BCUT2D eigenvalue weighted by atomic mass is 35.5. The summed E-state index contributed by atoms with van der Waals surface area (Å²) >= 11 is 13.8. The van der Waals surface area contributed by atoms with Gasteiger partial charge in [-0.2, -0.15) is 0 Å². The monoisotopic (exact) mass is 383 g/mol. The van der Waals surface area contributed by atoms with Crippen LogP contribution in [-0.2, 0) is 0 Å². The molecule has 0 saturated heterocycles. The third-order valence-corrected chi connectivity index (χ3v) is 5.79. The van der Waals surface area contributed by atoms with Crippen molar-refractivity contribution in [3.05, 3.63) is 56.6 Å². The zero-order valence-electron chi connectivity index (χ0n) is 12.7. The molecule has 0 bridgehead atoms. The van der Waals surface area contributed by atoms with E-state index in [9.17, 15) is 9.18 Å². The van der Waals surface area contributed by atoms with E-state index < -0.39 is 11.7 Å². The first-order chi connectivity index (χ1) is 11.4. The van der Waals surface area contributed by atoms with Crippen LogP contribution in [0.5, 0.6) is 5.75 Å². The molecule has 0 aliphatic heterocycles. The van der Waals surface area contributed by atoms with E-state index in [1.54, 1.807) is 25.1 Å². The first-order valence-corrected chi connectivity index (χ1v) is 8.51. The van der Waals surface area contributed by atoms with Gasteiger partial charge in [0.15, 0.2) is 0 Å². The smallest absolute Gasteiger partial charge is 0.267 e. The third kappa shape index (κ3) is 2.95. The Kier molecular flexibility index (Phi) is 4.67. The van der Waals surface area contributed by atoms with Gasteiger partial charge in [-0.3, -0.25) is 4.79 Å². The van der Waals surface area contributed by atoms with Crippen molar-refractivity contribution in [1.29, 1.82) is 0 Å². The van der Waals surface area contributed by atoms with Crippen LogP contribution in [0.25, 0.3) is 10.1 Å². The number of hydrogen-bond donors (Lipinski definition) is 1. The fraction of sp³-hybridized carbons (Fsp3) is 0.118.